The number of aliphatic hydroxyl groups is 2. The van der Waals surface area contributed by atoms with E-state index in [-0.39, 0.29) is 25.0 Å². The Bertz CT molecular complexity index is 307. The molecule has 2 saturated carbocycles. The lowest BCUT2D eigenvalue weighted by Crippen LogP contribution is -2.22. The first kappa shape index (κ1) is 18.9. The molecule has 0 heterocycles. The lowest BCUT2D eigenvalue weighted by Gasteiger charge is -2.24. The average molecular weight is 316 g/mol. The maximum Gasteiger partial charge on any atom is 0.306 e. The minimum atomic E-state index is -0.679. The number of rotatable bonds is 4. The van der Waals surface area contributed by atoms with Gasteiger partial charge in [-0.25, -0.2) is 0 Å². The van der Waals surface area contributed by atoms with Crippen molar-refractivity contribution < 1.29 is 30.0 Å². The van der Waals surface area contributed by atoms with Crippen LogP contribution in [0, 0.1) is 23.7 Å². The van der Waals surface area contributed by atoms with Gasteiger partial charge in [-0.1, -0.05) is 0 Å². The maximum absolute atomic E-state index is 10.5. The van der Waals surface area contributed by atoms with Crippen LogP contribution >= 0.6 is 0 Å². The summed E-state index contributed by atoms with van der Waals surface area (Å²) in [6.45, 7) is 0.429. The fourth-order valence-corrected chi connectivity index (χ4v) is 3.18. The molecule has 0 amide bonds. The summed E-state index contributed by atoms with van der Waals surface area (Å²) in [6, 6.07) is 0. The zero-order valence-corrected chi connectivity index (χ0v) is 13.0. The number of aliphatic carboxylic acids is 2. The van der Waals surface area contributed by atoms with Crippen molar-refractivity contribution >= 4 is 11.9 Å². The van der Waals surface area contributed by atoms with Crippen LogP contribution in [0.15, 0.2) is 0 Å². The number of carboxylic acid groups (broad SMARTS) is 2. The van der Waals surface area contributed by atoms with Gasteiger partial charge in [0.25, 0.3) is 0 Å². The quantitative estimate of drug-likeness (QED) is 0.628. The fraction of sp³-hybridized carbons (Fsp3) is 0.875. The predicted molar refractivity (Wildman–Crippen MR) is 80.3 cm³/mol. The molecule has 2 fully saturated rings. The van der Waals surface area contributed by atoms with Crippen LogP contribution in [-0.4, -0.2) is 45.6 Å². The SMILES string of the molecule is O=C(O)C1CCC(CO)CC1.O=C(O)C1CCC(CO)CC1. The van der Waals surface area contributed by atoms with Gasteiger partial charge >= 0.3 is 11.9 Å². The number of carbonyl (C=O) groups is 2. The van der Waals surface area contributed by atoms with Crippen LogP contribution in [0.2, 0.25) is 0 Å². The lowest BCUT2D eigenvalue weighted by atomic mass is 9.82. The van der Waals surface area contributed by atoms with E-state index in [0.29, 0.717) is 11.8 Å². The summed E-state index contributed by atoms with van der Waals surface area (Å²) in [7, 11) is 0. The number of hydrogen-bond acceptors (Lipinski definition) is 4. The molecular formula is C16H28O6. The Morgan fingerprint density at radius 3 is 1.09 bits per heavy atom. The molecule has 128 valence electrons. The Balaban J connectivity index is 0.000000220. The summed E-state index contributed by atoms with van der Waals surface area (Å²) in [5.41, 5.74) is 0. The van der Waals surface area contributed by atoms with E-state index in [2.05, 4.69) is 0 Å². The van der Waals surface area contributed by atoms with E-state index in [1.807, 2.05) is 0 Å². The Labute approximate surface area is 131 Å². The van der Waals surface area contributed by atoms with E-state index < -0.39 is 11.9 Å². The highest BCUT2D eigenvalue weighted by molar-refractivity contribution is 5.70. The molecule has 6 nitrogen and oxygen atoms in total. The van der Waals surface area contributed by atoms with E-state index in [1.54, 1.807) is 0 Å². The second-order valence-electron chi connectivity index (χ2n) is 6.48. The van der Waals surface area contributed by atoms with E-state index in [9.17, 15) is 9.59 Å². The number of hydrogen-bond donors (Lipinski definition) is 4. The molecule has 2 aliphatic carbocycles. The summed E-state index contributed by atoms with van der Waals surface area (Å²) >= 11 is 0. The molecule has 22 heavy (non-hydrogen) atoms. The van der Waals surface area contributed by atoms with Crippen molar-refractivity contribution in [2.24, 2.45) is 23.7 Å². The molecular weight excluding hydrogens is 288 g/mol. The first-order valence-corrected chi connectivity index (χ1v) is 8.15. The van der Waals surface area contributed by atoms with Gasteiger partial charge in [0.15, 0.2) is 0 Å². The third-order valence-electron chi connectivity index (χ3n) is 4.91. The molecule has 0 bridgehead atoms. The third kappa shape index (κ3) is 6.32. The van der Waals surface area contributed by atoms with Gasteiger partial charge < -0.3 is 20.4 Å². The number of carboxylic acids is 2. The van der Waals surface area contributed by atoms with Crippen molar-refractivity contribution in [2.75, 3.05) is 13.2 Å². The minimum absolute atomic E-state index is 0.155. The second kappa shape index (κ2) is 9.79. The van der Waals surface area contributed by atoms with E-state index in [1.165, 1.54) is 0 Å². The van der Waals surface area contributed by atoms with Crippen molar-refractivity contribution in [3.63, 3.8) is 0 Å². The molecule has 0 aromatic heterocycles. The van der Waals surface area contributed by atoms with E-state index in [0.717, 1.165) is 51.4 Å². The smallest absolute Gasteiger partial charge is 0.306 e. The van der Waals surface area contributed by atoms with Crippen LogP contribution < -0.4 is 0 Å². The summed E-state index contributed by atoms with van der Waals surface area (Å²) in [4.78, 5) is 21.0. The molecule has 2 rings (SSSR count). The monoisotopic (exact) mass is 316 g/mol. The van der Waals surface area contributed by atoms with Crippen molar-refractivity contribution in [3.05, 3.63) is 0 Å². The standard InChI is InChI=1S/2C8H14O3/c2*9-5-6-1-3-7(4-2-6)8(10)11/h2*6-7,9H,1-5H2,(H,10,11). The topological polar surface area (TPSA) is 115 Å². The zero-order chi connectivity index (χ0) is 16.5. The van der Waals surface area contributed by atoms with E-state index in [4.69, 9.17) is 20.4 Å². The Hall–Kier alpha value is -1.14. The molecule has 0 aromatic rings. The van der Waals surface area contributed by atoms with Crippen molar-refractivity contribution in [1.29, 1.82) is 0 Å². The summed E-state index contributed by atoms with van der Waals surface area (Å²) < 4.78 is 0. The predicted octanol–water partition coefficient (Wildman–Crippen LogP) is 1.74. The fourth-order valence-electron chi connectivity index (χ4n) is 3.18. The molecule has 0 aliphatic heterocycles. The number of aliphatic hydroxyl groups excluding tert-OH is 2. The molecule has 6 heteroatoms. The van der Waals surface area contributed by atoms with Crippen LogP contribution in [0.1, 0.15) is 51.4 Å². The highest BCUT2D eigenvalue weighted by Crippen LogP contribution is 2.29. The Kier molecular flexibility index (Phi) is 8.42. The second-order valence-corrected chi connectivity index (χ2v) is 6.48. The molecule has 0 saturated heterocycles. The lowest BCUT2D eigenvalue weighted by molar-refractivity contribution is -0.144. The minimum Gasteiger partial charge on any atom is -0.481 e. The van der Waals surface area contributed by atoms with Crippen molar-refractivity contribution in [1.82, 2.24) is 0 Å². The zero-order valence-electron chi connectivity index (χ0n) is 13.0. The van der Waals surface area contributed by atoms with Crippen LogP contribution in [0.4, 0.5) is 0 Å². The Morgan fingerprint density at radius 2 is 0.909 bits per heavy atom. The van der Waals surface area contributed by atoms with Gasteiger partial charge in [0, 0.05) is 13.2 Å². The molecule has 0 aromatic carbocycles. The highest BCUT2D eigenvalue weighted by Gasteiger charge is 2.25. The van der Waals surface area contributed by atoms with Crippen LogP contribution in [-0.2, 0) is 9.59 Å². The summed E-state index contributed by atoms with van der Waals surface area (Å²) in [6.07, 6.45) is 6.42. The van der Waals surface area contributed by atoms with Crippen molar-refractivity contribution in [3.8, 4) is 0 Å². The van der Waals surface area contributed by atoms with Gasteiger partial charge in [-0.2, -0.15) is 0 Å². The van der Waals surface area contributed by atoms with Gasteiger partial charge in [0.1, 0.15) is 0 Å². The molecule has 0 unspecified atom stereocenters. The Morgan fingerprint density at radius 1 is 0.636 bits per heavy atom. The third-order valence-corrected chi connectivity index (χ3v) is 4.91. The first-order valence-electron chi connectivity index (χ1n) is 8.15. The van der Waals surface area contributed by atoms with Gasteiger partial charge in [0.05, 0.1) is 11.8 Å². The molecule has 4 N–H and O–H groups in total. The molecule has 0 atom stereocenters. The van der Waals surface area contributed by atoms with Gasteiger partial charge in [0.2, 0.25) is 0 Å². The summed E-state index contributed by atoms with van der Waals surface area (Å²) in [5.74, 6) is -0.963. The normalized spacial score (nSPS) is 31.7. The maximum atomic E-state index is 10.5. The van der Waals surface area contributed by atoms with Gasteiger partial charge in [-0.3, -0.25) is 9.59 Å². The van der Waals surface area contributed by atoms with Crippen LogP contribution in [0.5, 0.6) is 0 Å². The van der Waals surface area contributed by atoms with Gasteiger partial charge in [-0.05, 0) is 63.2 Å². The molecule has 0 spiro atoms. The summed E-state index contributed by atoms with van der Waals surface area (Å²) in [5, 5.41) is 34.8. The highest BCUT2D eigenvalue weighted by atomic mass is 16.4. The largest absolute Gasteiger partial charge is 0.481 e. The molecule has 2 aliphatic rings. The van der Waals surface area contributed by atoms with Crippen molar-refractivity contribution in [2.45, 2.75) is 51.4 Å². The van der Waals surface area contributed by atoms with Crippen LogP contribution in [0.3, 0.4) is 0 Å². The average Bonchev–Trinajstić information content (AvgIpc) is 2.55. The van der Waals surface area contributed by atoms with E-state index >= 15 is 0 Å². The van der Waals surface area contributed by atoms with Crippen LogP contribution in [0.25, 0.3) is 0 Å². The van der Waals surface area contributed by atoms with Gasteiger partial charge in [-0.15, -0.1) is 0 Å². The molecule has 0 radical (unpaired) electrons. The first-order chi connectivity index (χ1) is 10.5.